The molecule has 0 heterocycles. The van der Waals surface area contributed by atoms with Crippen LogP contribution in [0.2, 0.25) is 0 Å². The molecule has 0 nitrogen and oxygen atoms in total. The van der Waals surface area contributed by atoms with E-state index in [9.17, 15) is 0 Å². The second-order valence-corrected chi connectivity index (χ2v) is 16.7. The van der Waals surface area contributed by atoms with E-state index in [4.69, 9.17) is 0 Å². The Hall–Kier alpha value is -5.46. The Bertz CT molecular complexity index is 2400. The molecule has 0 amide bonds. The van der Waals surface area contributed by atoms with Gasteiger partial charge in [-0.3, -0.25) is 0 Å². The van der Waals surface area contributed by atoms with E-state index in [1.165, 1.54) is 99.1 Å². The fourth-order valence-electron chi connectivity index (χ4n) is 8.01. The minimum Gasteiger partial charge on any atom is -0.0622 e. The van der Waals surface area contributed by atoms with Crippen molar-refractivity contribution in [1.82, 2.24) is 0 Å². The van der Waals surface area contributed by atoms with Crippen molar-refractivity contribution < 1.29 is 0 Å². The minimum absolute atomic E-state index is 0.0111. The predicted molar refractivity (Wildman–Crippen MR) is 228 cm³/mol. The maximum Gasteiger partial charge on any atom is -0.000139 e. The molecule has 0 atom stereocenters. The lowest BCUT2D eigenvalue weighted by molar-refractivity contribution is 0.591. The van der Waals surface area contributed by atoms with Crippen molar-refractivity contribution in [2.24, 2.45) is 0 Å². The first-order chi connectivity index (χ1) is 24.9. The Morgan fingerprint density at radius 3 is 0.942 bits per heavy atom. The third kappa shape index (κ3) is 5.81. The van der Waals surface area contributed by atoms with Crippen molar-refractivity contribution >= 4 is 32.3 Å². The lowest BCUT2D eigenvalue weighted by Crippen LogP contribution is -2.11. The highest BCUT2D eigenvalue weighted by Crippen LogP contribution is 2.54. The molecule has 8 rings (SSSR count). The van der Waals surface area contributed by atoms with Crippen LogP contribution in [0.1, 0.15) is 63.8 Å². The molecule has 0 saturated carbocycles. The summed E-state index contributed by atoms with van der Waals surface area (Å²) in [5, 5.41) is 7.75. The molecule has 8 aromatic carbocycles. The van der Waals surface area contributed by atoms with Crippen LogP contribution in [0.5, 0.6) is 0 Å². The number of benzene rings is 8. The van der Waals surface area contributed by atoms with Gasteiger partial charge in [0.25, 0.3) is 0 Å². The van der Waals surface area contributed by atoms with Crippen LogP contribution < -0.4 is 0 Å². The van der Waals surface area contributed by atoms with E-state index in [1.807, 2.05) is 0 Å². The normalized spacial score (nSPS) is 12.2. The molecule has 0 aliphatic carbocycles. The first-order valence-corrected chi connectivity index (χ1v) is 18.7. The number of rotatable bonds is 4. The Labute approximate surface area is 309 Å². The molecule has 0 bridgehead atoms. The molecule has 0 unspecified atom stereocenters. The third-order valence-corrected chi connectivity index (χ3v) is 10.9. The van der Waals surface area contributed by atoms with Gasteiger partial charge in [0, 0.05) is 0 Å². The standard InChI is InChI=1S/C52H48/c1-33-19-23-37(24-20-33)45-41-29-27-39(51(3,4)5)31-43(41)48(36-17-13-10-14-18-36)50-46(38-25-21-34(2)22-26-38)42-30-28-40(52(6,7)8)32-44(42)47(49(45)50)35-15-11-9-12-16-35/h9-32H,1-8H3. The zero-order valence-electron chi connectivity index (χ0n) is 31.9. The van der Waals surface area contributed by atoms with Gasteiger partial charge in [-0.2, -0.15) is 0 Å². The van der Waals surface area contributed by atoms with Crippen molar-refractivity contribution in [3.05, 3.63) is 168 Å². The fourth-order valence-corrected chi connectivity index (χ4v) is 8.01. The van der Waals surface area contributed by atoms with E-state index in [0.717, 1.165) is 0 Å². The van der Waals surface area contributed by atoms with Crippen molar-refractivity contribution in [2.75, 3.05) is 0 Å². The second-order valence-electron chi connectivity index (χ2n) is 16.7. The summed E-state index contributed by atoms with van der Waals surface area (Å²) in [4.78, 5) is 0. The van der Waals surface area contributed by atoms with Crippen molar-refractivity contribution in [1.29, 1.82) is 0 Å². The Morgan fingerprint density at radius 1 is 0.308 bits per heavy atom. The van der Waals surface area contributed by atoms with Crippen LogP contribution in [0, 0.1) is 13.8 Å². The average Bonchev–Trinajstić information content (AvgIpc) is 3.13. The molecule has 0 saturated heterocycles. The Balaban J connectivity index is 1.77. The van der Waals surface area contributed by atoms with Crippen molar-refractivity contribution in [3.8, 4) is 44.5 Å². The number of aryl methyl sites for hydroxylation is 2. The molecule has 0 aliphatic heterocycles. The summed E-state index contributed by atoms with van der Waals surface area (Å²) >= 11 is 0. The van der Waals surface area contributed by atoms with Crippen LogP contribution in [0.25, 0.3) is 76.8 Å². The summed E-state index contributed by atoms with van der Waals surface area (Å²) in [6.07, 6.45) is 0. The lowest BCUT2D eigenvalue weighted by atomic mass is 9.75. The first kappa shape index (κ1) is 33.7. The van der Waals surface area contributed by atoms with Gasteiger partial charge in [0.15, 0.2) is 0 Å². The van der Waals surface area contributed by atoms with E-state index in [1.54, 1.807) is 0 Å². The van der Waals surface area contributed by atoms with E-state index >= 15 is 0 Å². The topological polar surface area (TPSA) is 0 Å². The fraction of sp³-hybridized carbons (Fsp3) is 0.192. The molecule has 52 heavy (non-hydrogen) atoms. The third-order valence-electron chi connectivity index (χ3n) is 10.9. The van der Waals surface area contributed by atoms with E-state index < -0.39 is 0 Å². The molecular weight excluding hydrogens is 625 g/mol. The van der Waals surface area contributed by atoms with Crippen molar-refractivity contribution in [2.45, 2.75) is 66.2 Å². The van der Waals surface area contributed by atoms with Crippen LogP contribution in [0.15, 0.2) is 146 Å². The van der Waals surface area contributed by atoms with Gasteiger partial charge in [0.05, 0.1) is 0 Å². The summed E-state index contributed by atoms with van der Waals surface area (Å²) < 4.78 is 0. The maximum absolute atomic E-state index is 2.49. The van der Waals surface area contributed by atoms with Gasteiger partial charge in [-0.1, -0.05) is 186 Å². The van der Waals surface area contributed by atoms with Gasteiger partial charge in [-0.05, 0) is 125 Å². The monoisotopic (exact) mass is 672 g/mol. The zero-order chi connectivity index (χ0) is 36.4. The highest BCUT2D eigenvalue weighted by Gasteiger charge is 2.28. The summed E-state index contributed by atoms with van der Waals surface area (Å²) in [7, 11) is 0. The van der Waals surface area contributed by atoms with Crippen molar-refractivity contribution in [3.63, 3.8) is 0 Å². The van der Waals surface area contributed by atoms with E-state index in [0.29, 0.717) is 0 Å². The van der Waals surface area contributed by atoms with Gasteiger partial charge in [0.1, 0.15) is 0 Å². The van der Waals surface area contributed by atoms with Gasteiger partial charge in [-0.15, -0.1) is 0 Å². The summed E-state index contributed by atoms with van der Waals surface area (Å²) in [6.45, 7) is 18.3. The number of hydrogen-bond donors (Lipinski definition) is 0. The van der Waals surface area contributed by atoms with Gasteiger partial charge in [0.2, 0.25) is 0 Å². The smallest absolute Gasteiger partial charge is 0.000139 e. The first-order valence-electron chi connectivity index (χ1n) is 18.7. The molecule has 0 aromatic heterocycles. The Morgan fingerprint density at radius 2 is 0.615 bits per heavy atom. The van der Waals surface area contributed by atoms with Crippen LogP contribution in [0.3, 0.4) is 0 Å². The summed E-state index contributed by atoms with van der Waals surface area (Å²) in [5.41, 5.74) is 15.3. The molecule has 0 radical (unpaired) electrons. The van der Waals surface area contributed by atoms with Gasteiger partial charge >= 0.3 is 0 Å². The molecule has 0 aliphatic rings. The molecular formula is C52H48. The maximum atomic E-state index is 2.49. The molecule has 8 aromatic rings. The SMILES string of the molecule is Cc1ccc(-c2c3ccc(C(C)(C)C)cc3c(-c3ccccc3)c3c(-c4ccc(C)cc4)c4ccc(C(C)(C)C)cc4c(-c4ccccc4)c23)cc1. The highest BCUT2D eigenvalue weighted by atomic mass is 14.3. The number of fused-ring (bicyclic) bond motifs is 3. The predicted octanol–water partition coefficient (Wildman–Crippen LogP) is 15.0. The zero-order valence-corrected chi connectivity index (χ0v) is 31.9. The van der Waals surface area contributed by atoms with Crippen LogP contribution >= 0.6 is 0 Å². The summed E-state index contributed by atoms with van der Waals surface area (Å²) in [6, 6.07) is 55.2. The Kier molecular flexibility index (Phi) is 8.19. The average molecular weight is 673 g/mol. The lowest BCUT2D eigenvalue weighted by Gasteiger charge is -2.28. The van der Waals surface area contributed by atoms with Crippen LogP contribution in [-0.2, 0) is 10.8 Å². The molecule has 256 valence electrons. The minimum atomic E-state index is -0.0111. The van der Waals surface area contributed by atoms with Crippen LogP contribution in [0.4, 0.5) is 0 Å². The largest absolute Gasteiger partial charge is 0.0622 e. The van der Waals surface area contributed by atoms with Crippen LogP contribution in [-0.4, -0.2) is 0 Å². The highest BCUT2D eigenvalue weighted by molar-refractivity contribution is 6.34. The van der Waals surface area contributed by atoms with Gasteiger partial charge < -0.3 is 0 Å². The molecule has 0 fully saturated rings. The number of hydrogen-bond acceptors (Lipinski definition) is 0. The molecule has 0 spiro atoms. The summed E-state index contributed by atoms with van der Waals surface area (Å²) in [5.74, 6) is 0. The second kappa shape index (κ2) is 12.6. The van der Waals surface area contributed by atoms with Gasteiger partial charge in [-0.25, -0.2) is 0 Å². The quantitative estimate of drug-likeness (QED) is 0.163. The molecule has 0 N–H and O–H groups in total. The van der Waals surface area contributed by atoms with E-state index in [2.05, 4.69) is 201 Å². The molecule has 0 heteroatoms. The van der Waals surface area contributed by atoms with E-state index in [-0.39, 0.29) is 10.8 Å².